The van der Waals surface area contributed by atoms with E-state index in [1.54, 1.807) is 23.5 Å². The zero-order valence-electron chi connectivity index (χ0n) is 18.4. The van der Waals surface area contributed by atoms with Gasteiger partial charge >= 0.3 is 0 Å². The van der Waals surface area contributed by atoms with Crippen molar-refractivity contribution >= 4 is 51.1 Å². The molecule has 0 bridgehead atoms. The normalized spacial score (nSPS) is 15.7. The van der Waals surface area contributed by atoms with Gasteiger partial charge in [0.2, 0.25) is 11.8 Å². The van der Waals surface area contributed by atoms with E-state index in [0.29, 0.717) is 27.9 Å². The number of hydrogen-bond acceptors (Lipinski definition) is 6. The van der Waals surface area contributed by atoms with Crippen molar-refractivity contribution in [2.24, 2.45) is 5.92 Å². The Labute approximate surface area is 204 Å². The van der Waals surface area contributed by atoms with Crippen LogP contribution in [0.3, 0.4) is 0 Å². The van der Waals surface area contributed by atoms with Crippen LogP contribution in [0.25, 0.3) is 16.2 Å². The summed E-state index contributed by atoms with van der Waals surface area (Å²) in [7, 11) is 3.01. The van der Waals surface area contributed by atoms with Crippen LogP contribution < -0.4 is 19.7 Å². The van der Waals surface area contributed by atoms with Crippen LogP contribution in [0, 0.1) is 5.92 Å². The first kappa shape index (κ1) is 22.2. The molecule has 4 aromatic rings. The van der Waals surface area contributed by atoms with E-state index in [1.165, 1.54) is 19.1 Å². The first-order valence-electron chi connectivity index (χ1n) is 10.5. The van der Waals surface area contributed by atoms with Crippen molar-refractivity contribution in [1.82, 2.24) is 9.38 Å². The molecule has 1 fully saturated rings. The van der Waals surface area contributed by atoms with E-state index < -0.39 is 5.92 Å². The van der Waals surface area contributed by atoms with Crippen LogP contribution in [0.2, 0.25) is 5.02 Å². The molecule has 1 N–H and O–H groups in total. The molecule has 1 aliphatic heterocycles. The van der Waals surface area contributed by atoms with Gasteiger partial charge in [0.15, 0.2) is 4.96 Å². The van der Waals surface area contributed by atoms with Gasteiger partial charge in [0.25, 0.3) is 0 Å². The average molecular weight is 497 g/mol. The number of imidazole rings is 1. The molecule has 1 atom stereocenters. The van der Waals surface area contributed by atoms with E-state index in [9.17, 15) is 9.59 Å². The van der Waals surface area contributed by atoms with Gasteiger partial charge in [0, 0.05) is 48.1 Å². The highest BCUT2D eigenvalue weighted by molar-refractivity contribution is 7.15. The largest absolute Gasteiger partial charge is 0.495 e. The van der Waals surface area contributed by atoms with Gasteiger partial charge in [-0.25, -0.2) is 4.98 Å². The van der Waals surface area contributed by atoms with E-state index in [2.05, 4.69) is 10.3 Å². The minimum atomic E-state index is -0.502. The van der Waals surface area contributed by atoms with Crippen molar-refractivity contribution in [2.75, 3.05) is 31.0 Å². The smallest absolute Gasteiger partial charge is 0.229 e. The highest BCUT2D eigenvalue weighted by Crippen LogP contribution is 2.40. The number of ether oxygens (including phenoxy) is 2. The number of thiazole rings is 1. The van der Waals surface area contributed by atoms with Gasteiger partial charge < -0.3 is 19.7 Å². The lowest BCUT2D eigenvalue weighted by molar-refractivity contribution is -0.122. The fraction of sp³-hybridized carbons (Fsp3) is 0.208. The second-order valence-corrected chi connectivity index (χ2v) is 9.13. The SMILES string of the molecule is COc1cc(OC)c(N2CC(C(=O)Nc3ccc(-c4cn5ccsc5n4)cc3)CC2=O)cc1Cl. The van der Waals surface area contributed by atoms with Crippen molar-refractivity contribution in [3.05, 3.63) is 59.2 Å². The van der Waals surface area contributed by atoms with Crippen molar-refractivity contribution in [3.63, 3.8) is 0 Å². The third kappa shape index (κ3) is 4.08. The third-order valence-corrected chi connectivity index (χ3v) is 6.85. The Bertz CT molecular complexity index is 1350. The molecule has 2 aromatic carbocycles. The van der Waals surface area contributed by atoms with Gasteiger partial charge in [0.1, 0.15) is 11.5 Å². The van der Waals surface area contributed by atoms with Crippen molar-refractivity contribution in [2.45, 2.75) is 6.42 Å². The quantitative estimate of drug-likeness (QED) is 0.417. The minimum absolute atomic E-state index is 0.0993. The van der Waals surface area contributed by atoms with Crippen molar-refractivity contribution in [3.8, 4) is 22.8 Å². The van der Waals surface area contributed by atoms with Crippen LogP contribution in [0.15, 0.2) is 54.2 Å². The molecule has 174 valence electrons. The Morgan fingerprint density at radius 1 is 1.18 bits per heavy atom. The fourth-order valence-electron chi connectivity index (χ4n) is 4.01. The molecule has 10 heteroatoms. The molecule has 34 heavy (non-hydrogen) atoms. The molecule has 2 aromatic heterocycles. The van der Waals surface area contributed by atoms with Crippen LogP contribution in [-0.2, 0) is 9.59 Å². The number of amides is 2. The summed E-state index contributed by atoms with van der Waals surface area (Å²) in [4.78, 5) is 32.7. The molecule has 0 aliphatic carbocycles. The molecule has 1 saturated heterocycles. The minimum Gasteiger partial charge on any atom is -0.495 e. The van der Waals surface area contributed by atoms with Crippen LogP contribution in [0.4, 0.5) is 11.4 Å². The summed E-state index contributed by atoms with van der Waals surface area (Å²) < 4.78 is 12.6. The summed E-state index contributed by atoms with van der Waals surface area (Å²) in [6.45, 7) is 0.229. The Hall–Kier alpha value is -3.56. The zero-order valence-corrected chi connectivity index (χ0v) is 20.0. The standard InChI is InChI=1S/C24H21ClN4O4S/c1-32-20-11-21(33-2)19(10-17(20)25)29-12-15(9-22(29)30)23(31)26-16-5-3-14(4-6-16)18-13-28-7-8-34-24(28)27-18/h3-8,10-11,13,15H,9,12H2,1-2H3,(H,26,31). The summed E-state index contributed by atoms with van der Waals surface area (Å²) >= 11 is 7.84. The number of nitrogens with one attached hydrogen (secondary N) is 1. The maximum Gasteiger partial charge on any atom is 0.229 e. The van der Waals surface area contributed by atoms with Crippen LogP contribution in [-0.4, -0.2) is 42.0 Å². The second kappa shape index (κ2) is 9.00. The monoisotopic (exact) mass is 496 g/mol. The predicted octanol–water partition coefficient (Wildman–Crippen LogP) is 4.73. The zero-order chi connectivity index (χ0) is 23.8. The van der Waals surface area contributed by atoms with E-state index >= 15 is 0 Å². The predicted molar refractivity (Wildman–Crippen MR) is 132 cm³/mol. The van der Waals surface area contributed by atoms with Crippen molar-refractivity contribution < 1.29 is 19.1 Å². The van der Waals surface area contributed by atoms with Gasteiger partial charge in [-0.2, -0.15) is 0 Å². The first-order chi connectivity index (χ1) is 16.5. The number of hydrogen-bond donors (Lipinski definition) is 1. The van der Waals surface area contributed by atoms with Gasteiger partial charge in [0.05, 0.1) is 36.5 Å². The molecular formula is C24H21ClN4O4S. The van der Waals surface area contributed by atoms with Gasteiger partial charge in [-0.3, -0.25) is 14.0 Å². The molecule has 5 rings (SSSR count). The lowest BCUT2D eigenvalue weighted by Gasteiger charge is -2.21. The lowest BCUT2D eigenvalue weighted by Crippen LogP contribution is -2.28. The number of aromatic nitrogens is 2. The Morgan fingerprint density at radius 2 is 1.94 bits per heavy atom. The maximum atomic E-state index is 12.9. The molecule has 0 spiro atoms. The van der Waals surface area contributed by atoms with Crippen LogP contribution in [0.5, 0.6) is 11.5 Å². The van der Waals surface area contributed by atoms with Gasteiger partial charge in [-0.15, -0.1) is 11.3 Å². The molecule has 2 amide bonds. The maximum absolute atomic E-state index is 12.9. The topological polar surface area (TPSA) is 85.2 Å². The Kier molecular flexibility index (Phi) is 5.89. The number of methoxy groups -OCH3 is 2. The number of carbonyl (C=O) groups is 2. The average Bonchev–Trinajstić information content (AvgIpc) is 3.54. The highest BCUT2D eigenvalue weighted by Gasteiger charge is 2.36. The number of nitrogens with zero attached hydrogens (tertiary/aromatic N) is 3. The Balaban J connectivity index is 1.28. The van der Waals surface area contributed by atoms with E-state index in [-0.39, 0.29) is 24.8 Å². The number of fused-ring (bicyclic) bond motifs is 1. The molecular weight excluding hydrogens is 476 g/mol. The highest BCUT2D eigenvalue weighted by atomic mass is 35.5. The Morgan fingerprint density at radius 3 is 2.65 bits per heavy atom. The summed E-state index contributed by atoms with van der Waals surface area (Å²) in [5.74, 6) is 0.00424. The van der Waals surface area contributed by atoms with Gasteiger partial charge in [-0.1, -0.05) is 23.7 Å². The summed E-state index contributed by atoms with van der Waals surface area (Å²) in [5, 5.41) is 5.26. The number of halogens is 1. The number of carbonyl (C=O) groups excluding carboxylic acids is 2. The van der Waals surface area contributed by atoms with Gasteiger partial charge in [-0.05, 0) is 18.2 Å². The number of rotatable bonds is 6. The number of benzene rings is 2. The van der Waals surface area contributed by atoms with Crippen LogP contribution in [0.1, 0.15) is 6.42 Å². The molecule has 0 saturated carbocycles. The molecule has 8 nitrogen and oxygen atoms in total. The molecule has 1 aliphatic rings. The summed E-state index contributed by atoms with van der Waals surface area (Å²) in [6.07, 6.45) is 4.03. The lowest BCUT2D eigenvalue weighted by atomic mass is 10.1. The van der Waals surface area contributed by atoms with E-state index in [4.69, 9.17) is 21.1 Å². The second-order valence-electron chi connectivity index (χ2n) is 7.85. The summed E-state index contributed by atoms with van der Waals surface area (Å²) in [6, 6.07) is 10.7. The van der Waals surface area contributed by atoms with Crippen LogP contribution >= 0.6 is 22.9 Å². The third-order valence-electron chi connectivity index (χ3n) is 5.78. The number of anilines is 2. The van der Waals surface area contributed by atoms with E-state index in [0.717, 1.165) is 16.2 Å². The van der Waals surface area contributed by atoms with Crippen molar-refractivity contribution in [1.29, 1.82) is 0 Å². The molecule has 3 heterocycles. The van der Waals surface area contributed by atoms with E-state index in [1.807, 2.05) is 46.4 Å². The molecule has 0 radical (unpaired) electrons. The summed E-state index contributed by atoms with van der Waals surface area (Å²) in [5.41, 5.74) is 3.00. The first-order valence-corrected chi connectivity index (χ1v) is 11.8. The fourth-order valence-corrected chi connectivity index (χ4v) is 4.94. The molecule has 1 unspecified atom stereocenters.